The molecule has 0 aliphatic carbocycles. The number of benzene rings is 4. The maximum atomic E-state index is 15.3. The molecule has 2 bridgehead atoms. The van der Waals surface area contributed by atoms with Crippen molar-refractivity contribution in [1.82, 2.24) is 67.7 Å². The van der Waals surface area contributed by atoms with E-state index in [-0.39, 0.29) is 70.3 Å². The number of nitrogens with one attached hydrogen (secondary N) is 9. The largest absolute Gasteiger partial charge is 0.480 e. The molecule has 2 aliphatic rings. The average Bonchev–Trinajstić information content (AvgIpc) is 1.54. The van der Waals surface area contributed by atoms with E-state index in [9.17, 15) is 43.5 Å². The van der Waals surface area contributed by atoms with Gasteiger partial charge in [-0.05, 0) is 104 Å². The topological polar surface area (TPSA) is 352 Å². The number of amides is 8. The molecular weight excluding hydrogens is 1210 g/mol. The van der Waals surface area contributed by atoms with E-state index in [1.54, 1.807) is 93.8 Å². The standard InChI is InChI=1S/C68H91N13O13/c1-39(69-9)57(82)76-55(67(3,4)5)63(88)71-48-23-13-12-14-24-49(65(90)91)72-60(85)52(36-42-26-28-44-20-16-18-22-46(44)34-42)75-62(87)54-53(30-32-81(54)64(89)56(68(6,7)8)77-58(83)40(2)70-10)94-38-47-37-80(79-78-47)31-29-50(66(92)93-11)73-61(86)51(74-59(48)84)35-41-25-27-43-19-15-17-21-45(43)33-41/h12-13,15-22,25-28,33-34,37,39-40,48-56,69-70H,14,23-24,29-32,35-36,38H2,1-11H3,(H,71,88)(H,72,85)(H,73,86)(H,74,84)(H,75,87)(H,76,82)(H,77,83)(H,90,91)/b13-12+/t39-,40-,48-,49-,50-,51-,52-,53+,54-,55+,56+/m0/s1. The maximum absolute atomic E-state index is 15.3. The lowest BCUT2D eigenvalue weighted by molar-refractivity contribution is -0.147. The van der Waals surface area contributed by atoms with Gasteiger partial charge in [-0.1, -0.05) is 144 Å². The highest BCUT2D eigenvalue weighted by Gasteiger charge is 2.48. The van der Waals surface area contributed by atoms with Gasteiger partial charge in [0.2, 0.25) is 47.3 Å². The molecule has 5 aromatic rings. The number of methoxy groups -OCH3 is 1. The van der Waals surface area contributed by atoms with Crippen molar-refractivity contribution in [3.05, 3.63) is 120 Å². The van der Waals surface area contributed by atoms with Gasteiger partial charge in [0.15, 0.2) is 0 Å². The van der Waals surface area contributed by atoms with Crippen molar-refractivity contribution in [3.63, 3.8) is 0 Å². The second-order valence-electron chi connectivity index (χ2n) is 26.2. The summed E-state index contributed by atoms with van der Waals surface area (Å²) in [5.74, 6) is -7.75. The lowest BCUT2D eigenvalue weighted by Crippen LogP contribution is -2.62. The van der Waals surface area contributed by atoms with Crippen LogP contribution >= 0.6 is 0 Å². The van der Waals surface area contributed by atoms with Gasteiger partial charge in [0, 0.05) is 25.9 Å². The van der Waals surface area contributed by atoms with Crippen molar-refractivity contribution in [3.8, 4) is 0 Å². The third-order valence-electron chi connectivity index (χ3n) is 17.0. The first kappa shape index (κ1) is 72.3. The molecule has 1 fully saturated rings. The van der Waals surface area contributed by atoms with Crippen molar-refractivity contribution in [2.45, 2.75) is 180 Å². The fourth-order valence-electron chi connectivity index (χ4n) is 11.2. The number of esters is 1. The highest BCUT2D eigenvalue weighted by Crippen LogP contribution is 2.29. The van der Waals surface area contributed by atoms with E-state index < -0.39 is 137 Å². The number of rotatable bonds is 15. The number of likely N-dealkylation sites (N-methyl/N-ethyl adjacent to an activating group) is 2. The number of ether oxygens (including phenoxy) is 2. The predicted octanol–water partition coefficient (Wildman–Crippen LogP) is 2.65. The van der Waals surface area contributed by atoms with Gasteiger partial charge in [-0.3, -0.25) is 43.0 Å². The number of likely N-dealkylation sites (tertiary alicyclic amines) is 1. The molecule has 2 aliphatic heterocycles. The van der Waals surface area contributed by atoms with Crippen molar-refractivity contribution in [2.75, 3.05) is 27.7 Å². The van der Waals surface area contributed by atoms with Gasteiger partial charge in [-0.25, -0.2) is 9.59 Å². The molecule has 506 valence electrons. The SMILES string of the molecule is CN[C@@H](C)C(=O)N[C@H](C(=O)N[C@H]1C/C=C/CC[C@@H](C(=O)O)NC(=O)[C@H](Cc2ccc3ccccc3c2)NC(=O)[C@@H]2[C@@H](CCN2C(=O)[C@@H](NC(=O)[C@H](C)NC)C(C)(C)C)OCc2cn(nn2)CC[C@@H](C(=O)OC)NC(=O)[C@H](Cc2ccc3ccccc3c2)NC1=O)C(C)(C)C. The molecule has 94 heavy (non-hydrogen) atoms. The molecule has 1 saturated heterocycles. The van der Waals surface area contributed by atoms with Crippen molar-refractivity contribution in [2.24, 2.45) is 10.8 Å². The van der Waals surface area contributed by atoms with E-state index in [1.807, 2.05) is 72.8 Å². The second kappa shape index (κ2) is 32.6. The third kappa shape index (κ3) is 19.5. The fraction of sp³-hybridized carbons (Fsp3) is 0.500. The number of hydrogen-bond acceptors (Lipinski definition) is 16. The van der Waals surface area contributed by atoms with Crippen molar-refractivity contribution >= 4 is 80.7 Å². The predicted molar refractivity (Wildman–Crippen MR) is 351 cm³/mol. The number of allylic oxidation sites excluding steroid dienone is 1. The van der Waals surface area contributed by atoms with Crippen molar-refractivity contribution < 1.29 is 62.5 Å². The zero-order chi connectivity index (χ0) is 68.6. The summed E-state index contributed by atoms with van der Waals surface area (Å²) in [7, 11) is 4.35. The number of carbonyl (C=O) groups is 10. The molecule has 0 saturated carbocycles. The Labute approximate surface area is 547 Å². The van der Waals surface area contributed by atoms with Crippen LogP contribution in [0.1, 0.15) is 104 Å². The molecule has 10 N–H and O–H groups in total. The van der Waals surface area contributed by atoms with Crippen LogP contribution in [0, 0.1) is 10.8 Å². The molecule has 26 heteroatoms. The summed E-state index contributed by atoms with van der Waals surface area (Å²) in [6.07, 6.45) is 3.00. The molecule has 0 unspecified atom stereocenters. The van der Waals surface area contributed by atoms with E-state index in [1.165, 1.54) is 15.8 Å². The van der Waals surface area contributed by atoms with Gasteiger partial charge >= 0.3 is 11.9 Å². The quantitative estimate of drug-likeness (QED) is 0.0532. The minimum Gasteiger partial charge on any atom is -0.480 e. The molecule has 11 atom stereocenters. The minimum absolute atomic E-state index is 0.00407. The van der Waals surface area contributed by atoms with Crippen LogP contribution in [-0.4, -0.2) is 178 Å². The smallest absolute Gasteiger partial charge is 0.328 e. The Bertz CT molecular complexity index is 3580. The molecular formula is C68H91N13O13. The monoisotopic (exact) mass is 1300 g/mol. The minimum atomic E-state index is -1.54. The highest BCUT2D eigenvalue weighted by molar-refractivity contribution is 5.98. The summed E-state index contributed by atoms with van der Waals surface area (Å²) in [4.78, 5) is 144. The Hall–Kier alpha value is -9.14. The Morgan fingerprint density at radius 1 is 0.649 bits per heavy atom. The summed E-state index contributed by atoms with van der Waals surface area (Å²) in [5, 5.41) is 48.0. The summed E-state index contributed by atoms with van der Waals surface area (Å²) in [5.41, 5.74) is -0.252. The Balaban J connectivity index is 1.28. The van der Waals surface area contributed by atoms with E-state index in [2.05, 4.69) is 58.2 Å². The Kier molecular flexibility index (Phi) is 25.1. The van der Waals surface area contributed by atoms with Gasteiger partial charge in [0.25, 0.3) is 0 Å². The number of aromatic nitrogens is 3. The molecule has 4 aromatic carbocycles. The number of carboxylic acids is 1. The molecule has 3 heterocycles. The number of carboxylic acid groups (broad SMARTS) is 1. The first-order valence-electron chi connectivity index (χ1n) is 31.8. The maximum Gasteiger partial charge on any atom is 0.328 e. The zero-order valence-electron chi connectivity index (χ0n) is 55.4. The van der Waals surface area contributed by atoms with Crippen LogP contribution in [0.4, 0.5) is 0 Å². The van der Waals surface area contributed by atoms with Crippen LogP contribution in [0.15, 0.2) is 103 Å². The number of carbonyl (C=O) groups excluding carboxylic acids is 9. The number of nitrogens with zero attached hydrogens (tertiary/aromatic N) is 4. The molecule has 7 rings (SSSR count). The lowest BCUT2D eigenvalue weighted by Gasteiger charge is -2.37. The normalized spacial score (nSPS) is 22.5. The number of aliphatic carboxylic acids is 1. The number of fused-ring (bicyclic) bond motifs is 5. The lowest BCUT2D eigenvalue weighted by atomic mass is 9.85. The van der Waals surface area contributed by atoms with E-state index in [4.69, 9.17) is 9.47 Å². The van der Waals surface area contributed by atoms with Gasteiger partial charge in [-0.15, -0.1) is 5.10 Å². The number of aryl methyl sites for hydroxylation is 1. The van der Waals surface area contributed by atoms with E-state index in [0.29, 0.717) is 11.1 Å². The van der Waals surface area contributed by atoms with E-state index >= 15 is 9.59 Å². The third-order valence-corrected chi connectivity index (χ3v) is 17.0. The van der Waals surface area contributed by atoms with Gasteiger partial charge < -0.3 is 67.3 Å². The first-order chi connectivity index (χ1) is 44.6. The summed E-state index contributed by atoms with van der Waals surface area (Å²) >= 11 is 0. The van der Waals surface area contributed by atoms with Crippen LogP contribution in [0.2, 0.25) is 0 Å². The van der Waals surface area contributed by atoms with Crippen LogP contribution in [-0.2, 0) is 83.4 Å². The summed E-state index contributed by atoms with van der Waals surface area (Å²) < 4.78 is 13.0. The number of hydrogen-bond donors (Lipinski definition) is 10. The van der Waals surface area contributed by atoms with Crippen LogP contribution in [0.5, 0.6) is 0 Å². The molecule has 26 nitrogen and oxygen atoms in total. The van der Waals surface area contributed by atoms with Crippen LogP contribution in [0.25, 0.3) is 21.5 Å². The molecule has 1 aromatic heterocycles. The second-order valence-corrected chi connectivity index (χ2v) is 26.2. The average molecular weight is 1300 g/mol. The molecule has 8 amide bonds. The molecule has 0 radical (unpaired) electrons. The Morgan fingerprint density at radius 3 is 1.71 bits per heavy atom. The van der Waals surface area contributed by atoms with Crippen LogP contribution in [0.3, 0.4) is 0 Å². The summed E-state index contributed by atoms with van der Waals surface area (Å²) in [6.45, 7) is 13.5. The summed E-state index contributed by atoms with van der Waals surface area (Å²) in [6, 6.07) is 14.0. The van der Waals surface area contributed by atoms with Gasteiger partial charge in [-0.2, -0.15) is 0 Å². The van der Waals surface area contributed by atoms with Crippen molar-refractivity contribution in [1.29, 1.82) is 0 Å². The Morgan fingerprint density at radius 2 is 1.18 bits per heavy atom. The fourth-order valence-corrected chi connectivity index (χ4v) is 11.2. The highest BCUT2D eigenvalue weighted by atomic mass is 16.5. The van der Waals surface area contributed by atoms with E-state index in [0.717, 1.165) is 28.7 Å². The zero-order valence-corrected chi connectivity index (χ0v) is 55.4. The van der Waals surface area contributed by atoms with Crippen LogP contribution < -0.4 is 47.9 Å². The molecule has 0 spiro atoms. The first-order valence-corrected chi connectivity index (χ1v) is 31.8. The van der Waals surface area contributed by atoms with Gasteiger partial charge in [0.05, 0.1) is 38.1 Å². The van der Waals surface area contributed by atoms with Gasteiger partial charge in [0.1, 0.15) is 54.0 Å².